The van der Waals surface area contributed by atoms with Crippen LogP contribution in [0.5, 0.6) is 11.5 Å². The summed E-state index contributed by atoms with van der Waals surface area (Å²) >= 11 is 1.58. The fraction of sp³-hybridized carbons (Fsp3) is 0.312. The highest BCUT2D eigenvalue weighted by molar-refractivity contribution is 7.08. The predicted octanol–water partition coefficient (Wildman–Crippen LogP) is 9.13. The van der Waals surface area contributed by atoms with E-state index in [2.05, 4.69) is 95.5 Å². The molecule has 3 nitrogen and oxygen atoms in total. The van der Waals surface area contributed by atoms with Gasteiger partial charge in [0.1, 0.15) is 11.5 Å². The van der Waals surface area contributed by atoms with Crippen molar-refractivity contribution >= 4 is 33.1 Å². The summed E-state index contributed by atoms with van der Waals surface area (Å²) in [5.41, 5.74) is 8.33. The zero-order chi connectivity index (χ0) is 26.0. The van der Waals surface area contributed by atoms with Crippen LogP contribution in [-0.4, -0.2) is 16.8 Å². The van der Waals surface area contributed by atoms with Gasteiger partial charge in [0.05, 0.1) is 23.8 Å². The average molecular weight is 498 g/mol. The molecule has 5 rings (SSSR count). The highest BCUT2D eigenvalue weighted by Gasteiger charge is 2.23. The number of phenols is 1. The zero-order valence-corrected chi connectivity index (χ0v) is 23.3. The number of hydrogen-bond donors (Lipinski definition) is 1. The Morgan fingerprint density at radius 2 is 1.31 bits per heavy atom. The summed E-state index contributed by atoms with van der Waals surface area (Å²) in [7, 11) is 1.67. The number of benzene rings is 3. The summed E-state index contributed by atoms with van der Waals surface area (Å²) in [5, 5.41) is 18.2. The molecule has 0 saturated heterocycles. The van der Waals surface area contributed by atoms with Crippen molar-refractivity contribution in [2.45, 2.75) is 59.3 Å². The first-order valence-corrected chi connectivity index (χ1v) is 13.4. The van der Waals surface area contributed by atoms with Crippen LogP contribution in [0.3, 0.4) is 0 Å². The van der Waals surface area contributed by atoms with Gasteiger partial charge >= 0.3 is 0 Å². The second-order valence-corrected chi connectivity index (χ2v) is 12.6. The second-order valence-electron chi connectivity index (χ2n) is 11.8. The van der Waals surface area contributed by atoms with Crippen LogP contribution in [-0.2, 0) is 10.8 Å². The molecule has 0 spiro atoms. The molecule has 36 heavy (non-hydrogen) atoms. The molecule has 0 aliphatic rings. The van der Waals surface area contributed by atoms with E-state index >= 15 is 0 Å². The molecule has 2 aromatic heterocycles. The van der Waals surface area contributed by atoms with Gasteiger partial charge in [-0.15, -0.1) is 11.3 Å². The predicted molar refractivity (Wildman–Crippen MR) is 154 cm³/mol. The highest BCUT2D eigenvalue weighted by atomic mass is 32.1. The number of methoxy groups -OCH3 is 1. The van der Waals surface area contributed by atoms with E-state index in [4.69, 9.17) is 4.74 Å². The summed E-state index contributed by atoms with van der Waals surface area (Å²) < 4.78 is 7.85. The third-order valence-electron chi connectivity index (χ3n) is 7.11. The molecule has 2 heterocycles. The van der Waals surface area contributed by atoms with Crippen LogP contribution >= 0.6 is 11.3 Å². The molecule has 0 aliphatic carbocycles. The Bertz CT molecular complexity index is 1530. The van der Waals surface area contributed by atoms with Gasteiger partial charge in [0.25, 0.3) is 0 Å². The van der Waals surface area contributed by atoms with Crippen molar-refractivity contribution in [1.29, 1.82) is 0 Å². The molecule has 1 N–H and O–H groups in total. The number of phenolic OH excluding ortho intramolecular Hbond substituents is 1. The van der Waals surface area contributed by atoms with Crippen LogP contribution in [0, 0.1) is 6.92 Å². The summed E-state index contributed by atoms with van der Waals surface area (Å²) in [5.74, 6) is 1.04. The highest BCUT2D eigenvalue weighted by Crippen LogP contribution is 2.45. The maximum absolute atomic E-state index is 11.8. The number of hydrogen-bond acceptors (Lipinski definition) is 3. The van der Waals surface area contributed by atoms with Crippen molar-refractivity contribution in [2.24, 2.45) is 0 Å². The van der Waals surface area contributed by atoms with Crippen molar-refractivity contribution in [3.8, 4) is 28.3 Å². The minimum absolute atomic E-state index is 0.00982. The molecule has 0 aliphatic heterocycles. The minimum Gasteiger partial charge on any atom is -0.505 e. The molecule has 4 heteroatoms. The van der Waals surface area contributed by atoms with Crippen LogP contribution in [0.1, 0.15) is 58.2 Å². The minimum atomic E-state index is 0.00982. The van der Waals surface area contributed by atoms with E-state index in [1.165, 1.54) is 21.9 Å². The summed E-state index contributed by atoms with van der Waals surface area (Å²) in [6.07, 6.45) is 0. The largest absolute Gasteiger partial charge is 0.505 e. The van der Waals surface area contributed by atoms with E-state index in [0.29, 0.717) is 0 Å². The SMILES string of the molecule is COc1cscc1-c1cc(C)cc(-n2c3cc(C(C)(C)C)ccc3c3ccc(C(C)(C)C)cc32)c1O. The molecular formula is C32H35NO2S. The zero-order valence-electron chi connectivity index (χ0n) is 22.5. The van der Waals surface area contributed by atoms with E-state index in [9.17, 15) is 5.11 Å². The number of fused-ring (bicyclic) bond motifs is 3. The molecule has 0 fully saturated rings. The van der Waals surface area contributed by atoms with Crippen LogP contribution < -0.4 is 4.74 Å². The van der Waals surface area contributed by atoms with Gasteiger partial charge in [0, 0.05) is 32.7 Å². The van der Waals surface area contributed by atoms with Crippen molar-refractivity contribution in [3.05, 3.63) is 76.0 Å². The van der Waals surface area contributed by atoms with Crippen LogP contribution in [0.15, 0.2) is 59.3 Å². The summed E-state index contributed by atoms with van der Waals surface area (Å²) in [6, 6.07) is 17.7. The number of thiophene rings is 1. The average Bonchev–Trinajstić information content (AvgIpc) is 3.40. The van der Waals surface area contributed by atoms with Gasteiger partial charge in [-0.05, 0) is 58.7 Å². The Labute approximate surface area is 218 Å². The Morgan fingerprint density at radius 1 is 0.750 bits per heavy atom. The number of nitrogens with zero attached hydrogens (tertiary/aromatic N) is 1. The molecule has 186 valence electrons. The van der Waals surface area contributed by atoms with E-state index in [1.807, 2.05) is 16.8 Å². The number of ether oxygens (including phenoxy) is 1. The molecule has 0 saturated carbocycles. The molecule has 3 aromatic carbocycles. The number of aryl methyl sites for hydroxylation is 1. The number of rotatable bonds is 3. The molecule has 0 unspecified atom stereocenters. The van der Waals surface area contributed by atoms with Crippen molar-refractivity contribution < 1.29 is 9.84 Å². The second kappa shape index (κ2) is 8.41. The van der Waals surface area contributed by atoms with Crippen LogP contribution in [0.2, 0.25) is 0 Å². The third-order valence-corrected chi connectivity index (χ3v) is 7.83. The van der Waals surface area contributed by atoms with Crippen molar-refractivity contribution in [2.75, 3.05) is 7.11 Å². The van der Waals surface area contributed by atoms with Gasteiger partial charge in [-0.1, -0.05) is 65.8 Å². The van der Waals surface area contributed by atoms with Gasteiger partial charge in [-0.2, -0.15) is 0 Å². The lowest BCUT2D eigenvalue weighted by Crippen LogP contribution is -2.11. The Kier molecular flexibility index (Phi) is 5.72. The normalized spacial score (nSPS) is 12.6. The first kappa shape index (κ1) is 24.5. The molecular weight excluding hydrogens is 462 g/mol. The van der Waals surface area contributed by atoms with E-state index in [-0.39, 0.29) is 16.6 Å². The first-order valence-electron chi connectivity index (χ1n) is 12.4. The fourth-order valence-corrected chi connectivity index (χ4v) is 5.78. The smallest absolute Gasteiger partial charge is 0.147 e. The van der Waals surface area contributed by atoms with Gasteiger partial charge in [0.15, 0.2) is 0 Å². The van der Waals surface area contributed by atoms with E-state index < -0.39 is 0 Å². The van der Waals surface area contributed by atoms with Gasteiger partial charge in [-0.25, -0.2) is 0 Å². The quantitative estimate of drug-likeness (QED) is 0.270. The lowest BCUT2D eigenvalue weighted by atomic mass is 9.86. The maximum atomic E-state index is 11.8. The third kappa shape index (κ3) is 3.98. The summed E-state index contributed by atoms with van der Waals surface area (Å²) in [4.78, 5) is 0. The number of aromatic nitrogens is 1. The fourth-order valence-electron chi connectivity index (χ4n) is 4.99. The van der Waals surface area contributed by atoms with E-state index in [1.54, 1.807) is 18.4 Å². The van der Waals surface area contributed by atoms with E-state index in [0.717, 1.165) is 39.2 Å². The Morgan fingerprint density at radius 3 is 1.81 bits per heavy atom. The maximum Gasteiger partial charge on any atom is 0.147 e. The standard InChI is InChI=1S/C32H35NO2S/c1-19-13-24(25-17-36-18-29(25)35-8)30(34)28(14-19)33-26-15-20(31(2,3)4)9-11-22(26)23-12-10-21(16-27(23)33)32(5,6)7/h9-18,34H,1-8H3. The van der Waals surface area contributed by atoms with Crippen molar-refractivity contribution in [1.82, 2.24) is 4.57 Å². The molecule has 0 atom stereocenters. The van der Waals surface area contributed by atoms with Crippen molar-refractivity contribution in [3.63, 3.8) is 0 Å². The van der Waals surface area contributed by atoms with Gasteiger partial charge < -0.3 is 14.4 Å². The lowest BCUT2D eigenvalue weighted by Gasteiger charge is -2.21. The number of aromatic hydroxyl groups is 1. The topological polar surface area (TPSA) is 34.4 Å². The molecule has 0 amide bonds. The summed E-state index contributed by atoms with van der Waals surface area (Å²) in [6.45, 7) is 15.5. The molecule has 0 bridgehead atoms. The monoisotopic (exact) mass is 497 g/mol. The lowest BCUT2D eigenvalue weighted by molar-refractivity contribution is 0.417. The van der Waals surface area contributed by atoms with Crippen LogP contribution in [0.25, 0.3) is 38.6 Å². The van der Waals surface area contributed by atoms with Crippen LogP contribution in [0.4, 0.5) is 0 Å². The molecule has 0 radical (unpaired) electrons. The Hall–Kier alpha value is -3.24. The Balaban J connectivity index is 1.92. The van der Waals surface area contributed by atoms with Gasteiger partial charge in [0.2, 0.25) is 0 Å². The molecule has 5 aromatic rings. The van der Waals surface area contributed by atoms with Gasteiger partial charge in [-0.3, -0.25) is 0 Å². The first-order chi connectivity index (χ1) is 16.9.